The maximum Gasteiger partial charge on any atom is 0.231 e. The quantitative estimate of drug-likeness (QED) is 0.732. The van der Waals surface area contributed by atoms with Crippen LogP contribution in [0.25, 0.3) is 0 Å². The number of hydrogen-bond acceptors (Lipinski definition) is 4. The minimum absolute atomic E-state index is 0.253. The third-order valence-electron chi connectivity index (χ3n) is 2.30. The molecule has 4 heteroatoms. The highest BCUT2D eigenvalue weighted by Gasteiger charge is 2.17. The molecule has 3 N–H and O–H groups in total. The maximum absolute atomic E-state index is 9.33. The van der Waals surface area contributed by atoms with Crippen molar-refractivity contribution in [3.63, 3.8) is 0 Å². The van der Waals surface area contributed by atoms with Gasteiger partial charge in [0.05, 0.1) is 12.1 Å². The number of aliphatic hydroxyl groups is 1. The van der Waals surface area contributed by atoms with E-state index in [2.05, 4.69) is 0 Å². The van der Waals surface area contributed by atoms with E-state index in [0.29, 0.717) is 5.75 Å². The van der Waals surface area contributed by atoms with Gasteiger partial charge in [-0.2, -0.15) is 0 Å². The number of fused-ring (bicyclic) bond motifs is 1. The first-order valence-corrected chi connectivity index (χ1v) is 4.51. The van der Waals surface area contributed by atoms with Gasteiger partial charge in [0.2, 0.25) is 6.79 Å². The molecule has 2 rings (SSSR count). The Balaban J connectivity index is 2.28. The summed E-state index contributed by atoms with van der Waals surface area (Å²) in [7, 11) is 0. The van der Waals surface area contributed by atoms with Gasteiger partial charge in [-0.1, -0.05) is 6.07 Å². The van der Waals surface area contributed by atoms with Crippen molar-refractivity contribution in [3.05, 3.63) is 23.8 Å². The van der Waals surface area contributed by atoms with E-state index < -0.39 is 6.10 Å². The molecule has 4 nitrogen and oxygen atoms in total. The topological polar surface area (TPSA) is 64.7 Å². The third kappa shape index (κ3) is 1.54. The molecule has 0 radical (unpaired) electrons. The molecular formula is C10H13NO3. The SMILES string of the molecule is CC(O)[C@H](N)c1ccc2c(c1)OCO2. The Morgan fingerprint density at radius 3 is 2.79 bits per heavy atom. The standard InChI is InChI=1S/C10H13NO3/c1-6(12)10(11)7-2-3-8-9(4-7)14-5-13-8/h2-4,6,10,12H,5,11H2,1H3/t6?,10-/m0/s1. The molecule has 76 valence electrons. The van der Waals surface area contributed by atoms with E-state index in [0.717, 1.165) is 11.3 Å². The Morgan fingerprint density at radius 2 is 2.07 bits per heavy atom. The van der Waals surface area contributed by atoms with Gasteiger partial charge in [-0.05, 0) is 24.6 Å². The number of benzene rings is 1. The van der Waals surface area contributed by atoms with Crippen LogP contribution in [0, 0.1) is 0 Å². The lowest BCUT2D eigenvalue weighted by atomic mass is 10.0. The summed E-state index contributed by atoms with van der Waals surface area (Å²) < 4.78 is 10.4. The molecular weight excluding hydrogens is 182 g/mol. The molecule has 1 aromatic carbocycles. The molecule has 0 fully saturated rings. The molecule has 1 aliphatic rings. The van der Waals surface area contributed by atoms with Gasteiger partial charge >= 0.3 is 0 Å². The molecule has 0 saturated heterocycles. The van der Waals surface area contributed by atoms with Gasteiger partial charge in [-0.25, -0.2) is 0 Å². The molecule has 0 amide bonds. The maximum atomic E-state index is 9.33. The third-order valence-corrected chi connectivity index (χ3v) is 2.30. The van der Waals surface area contributed by atoms with Gasteiger partial charge < -0.3 is 20.3 Å². The first kappa shape index (κ1) is 9.30. The van der Waals surface area contributed by atoms with Crippen molar-refractivity contribution in [1.82, 2.24) is 0 Å². The van der Waals surface area contributed by atoms with Crippen LogP contribution in [0.1, 0.15) is 18.5 Å². The van der Waals surface area contributed by atoms with E-state index in [1.54, 1.807) is 19.1 Å². The fourth-order valence-corrected chi connectivity index (χ4v) is 1.40. The van der Waals surface area contributed by atoms with E-state index >= 15 is 0 Å². The van der Waals surface area contributed by atoms with Crippen molar-refractivity contribution < 1.29 is 14.6 Å². The van der Waals surface area contributed by atoms with Crippen LogP contribution in [0.3, 0.4) is 0 Å². The number of nitrogens with two attached hydrogens (primary N) is 1. The number of rotatable bonds is 2. The van der Waals surface area contributed by atoms with Crippen LogP contribution in [-0.4, -0.2) is 18.0 Å². The Hall–Kier alpha value is -1.26. The summed E-state index contributed by atoms with van der Waals surface area (Å²) in [5.74, 6) is 1.42. The Kier molecular flexibility index (Phi) is 2.31. The van der Waals surface area contributed by atoms with Crippen molar-refractivity contribution >= 4 is 0 Å². The van der Waals surface area contributed by atoms with Gasteiger partial charge in [0.15, 0.2) is 11.5 Å². The largest absolute Gasteiger partial charge is 0.454 e. The second kappa shape index (κ2) is 3.48. The van der Waals surface area contributed by atoms with Crippen molar-refractivity contribution in [2.75, 3.05) is 6.79 Å². The van der Waals surface area contributed by atoms with Gasteiger partial charge in [0.1, 0.15) is 0 Å². The summed E-state index contributed by atoms with van der Waals surface area (Å²) in [5.41, 5.74) is 6.64. The van der Waals surface area contributed by atoms with Crippen LogP contribution in [0.4, 0.5) is 0 Å². The highest BCUT2D eigenvalue weighted by Crippen LogP contribution is 2.34. The van der Waals surface area contributed by atoms with Crippen molar-refractivity contribution in [2.24, 2.45) is 5.73 Å². The van der Waals surface area contributed by atoms with Crippen LogP contribution in [0.15, 0.2) is 18.2 Å². The van der Waals surface area contributed by atoms with Gasteiger partial charge in [-0.15, -0.1) is 0 Å². The summed E-state index contributed by atoms with van der Waals surface area (Å²) in [6, 6.07) is 5.06. The second-order valence-electron chi connectivity index (χ2n) is 3.38. The van der Waals surface area contributed by atoms with E-state index in [-0.39, 0.29) is 12.8 Å². The molecule has 0 aliphatic carbocycles. The van der Waals surface area contributed by atoms with Gasteiger partial charge in [-0.3, -0.25) is 0 Å². The summed E-state index contributed by atoms with van der Waals surface area (Å²) in [6.07, 6.45) is -0.574. The smallest absolute Gasteiger partial charge is 0.231 e. The van der Waals surface area contributed by atoms with E-state index in [4.69, 9.17) is 15.2 Å². The minimum atomic E-state index is -0.574. The monoisotopic (exact) mass is 195 g/mol. The molecule has 0 spiro atoms. The summed E-state index contributed by atoms with van der Waals surface area (Å²) in [5, 5.41) is 9.33. The van der Waals surface area contributed by atoms with Crippen LogP contribution in [0.2, 0.25) is 0 Å². The first-order valence-electron chi connectivity index (χ1n) is 4.51. The average Bonchev–Trinajstić information content (AvgIpc) is 2.62. The Morgan fingerprint density at radius 1 is 1.36 bits per heavy atom. The molecule has 1 aliphatic heterocycles. The van der Waals surface area contributed by atoms with E-state index in [9.17, 15) is 5.11 Å². The molecule has 1 aromatic rings. The van der Waals surface area contributed by atoms with Crippen molar-refractivity contribution in [2.45, 2.75) is 19.1 Å². The predicted molar refractivity (Wildman–Crippen MR) is 51.2 cm³/mol. The fourth-order valence-electron chi connectivity index (χ4n) is 1.40. The molecule has 0 aromatic heterocycles. The molecule has 2 atom stereocenters. The van der Waals surface area contributed by atoms with Crippen molar-refractivity contribution in [3.8, 4) is 11.5 Å². The van der Waals surface area contributed by atoms with Crippen LogP contribution in [0.5, 0.6) is 11.5 Å². The van der Waals surface area contributed by atoms with Crippen LogP contribution < -0.4 is 15.2 Å². The lowest BCUT2D eigenvalue weighted by Gasteiger charge is -2.15. The Bertz CT molecular complexity index is 338. The minimum Gasteiger partial charge on any atom is -0.454 e. The zero-order valence-corrected chi connectivity index (χ0v) is 7.93. The zero-order chi connectivity index (χ0) is 10.1. The number of aliphatic hydroxyl groups excluding tert-OH is 1. The molecule has 14 heavy (non-hydrogen) atoms. The van der Waals surface area contributed by atoms with Crippen LogP contribution >= 0.6 is 0 Å². The molecule has 1 heterocycles. The van der Waals surface area contributed by atoms with Gasteiger partial charge in [0.25, 0.3) is 0 Å². The molecule has 1 unspecified atom stereocenters. The Labute approximate surface area is 82.2 Å². The van der Waals surface area contributed by atoms with Crippen LogP contribution in [-0.2, 0) is 0 Å². The van der Waals surface area contributed by atoms with E-state index in [1.807, 2.05) is 6.07 Å². The summed E-state index contributed by atoms with van der Waals surface area (Å²) >= 11 is 0. The zero-order valence-electron chi connectivity index (χ0n) is 7.93. The molecule has 0 saturated carbocycles. The number of hydrogen-bond donors (Lipinski definition) is 2. The van der Waals surface area contributed by atoms with Crippen molar-refractivity contribution in [1.29, 1.82) is 0 Å². The normalized spacial score (nSPS) is 17.9. The number of ether oxygens (including phenoxy) is 2. The fraction of sp³-hybridized carbons (Fsp3) is 0.400. The van der Waals surface area contributed by atoms with Gasteiger partial charge in [0, 0.05) is 0 Å². The second-order valence-corrected chi connectivity index (χ2v) is 3.38. The highest BCUT2D eigenvalue weighted by molar-refractivity contribution is 5.45. The molecule has 0 bridgehead atoms. The van der Waals surface area contributed by atoms with E-state index in [1.165, 1.54) is 0 Å². The first-order chi connectivity index (χ1) is 6.68. The summed E-state index contributed by atoms with van der Waals surface area (Å²) in [6.45, 7) is 1.91. The highest BCUT2D eigenvalue weighted by atomic mass is 16.7. The lowest BCUT2D eigenvalue weighted by Crippen LogP contribution is -2.22. The lowest BCUT2D eigenvalue weighted by molar-refractivity contribution is 0.164. The summed E-state index contributed by atoms with van der Waals surface area (Å²) in [4.78, 5) is 0. The predicted octanol–water partition coefficient (Wildman–Crippen LogP) is 0.796. The average molecular weight is 195 g/mol.